The third-order valence-corrected chi connectivity index (χ3v) is 9.16. The van der Waals surface area contributed by atoms with E-state index < -0.39 is 70.2 Å². The number of hydrogen-bond donors (Lipinski definition) is 5. The van der Waals surface area contributed by atoms with Gasteiger partial charge < -0.3 is 30.3 Å². The molecule has 2 saturated carbocycles. The fourth-order valence-electron chi connectivity index (χ4n) is 7.29. The Morgan fingerprint density at radius 1 is 1.22 bits per heavy atom. The summed E-state index contributed by atoms with van der Waals surface area (Å²) < 4.78 is 5.81. The van der Waals surface area contributed by atoms with Gasteiger partial charge in [-0.25, -0.2) is 0 Å². The SMILES string of the molecule is CC1=C[C@]23C(O)[C@@H](C=C(CO)[C@@H](O)[C@]2(O)[C@H]1OC(=O)C(C)(C)C)[C@H]1C(C)(C)[C@]1(O)C[C@H]3C. The molecule has 2 fully saturated rings. The van der Waals surface area contributed by atoms with Gasteiger partial charge in [-0.05, 0) is 51.2 Å². The lowest BCUT2D eigenvalue weighted by atomic mass is 9.58. The number of hydrogen-bond acceptors (Lipinski definition) is 7. The number of esters is 1. The number of fused-ring (bicyclic) bond motifs is 3. The molecule has 9 atom stereocenters. The lowest BCUT2D eigenvalue weighted by Crippen LogP contribution is -2.67. The van der Waals surface area contributed by atoms with Gasteiger partial charge >= 0.3 is 5.97 Å². The first-order chi connectivity index (χ1) is 14.5. The summed E-state index contributed by atoms with van der Waals surface area (Å²) >= 11 is 0. The van der Waals surface area contributed by atoms with E-state index in [0.717, 1.165) is 0 Å². The van der Waals surface area contributed by atoms with E-state index in [1.165, 1.54) is 0 Å². The van der Waals surface area contributed by atoms with Crippen molar-refractivity contribution in [1.82, 2.24) is 0 Å². The Bertz CT molecular complexity index is 898. The Balaban J connectivity index is 1.93. The molecule has 0 saturated heterocycles. The van der Waals surface area contributed by atoms with Crippen LogP contribution in [-0.2, 0) is 9.53 Å². The molecule has 0 aromatic rings. The van der Waals surface area contributed by atoms with Crippen LogP contribution in [0.2, 0.25) is 0 Å². The van der Waals surface area contributed by atoms with Crippen molar-refractivity contribution in [3.8, 4) is 0 Å². The molecule has 0 aliphatic heterocycles. The zero-order valence-corrected chi connectivity index (χ0v) is 20.1. The quantitative estimate of drug-likeness (QED) is 0.317. The molecular weight excluding hydrogens is 412 g/mol. The van der Waals surface area contributed by atoms with Gasteiger partial charge in [0.05, 0.1) is 29.1 Å². The molecule has 180 valence electrons. The summed E-state index contributed by atoms with van der Waals surface area (Å²) in [4.78, 5) is 12.8. The van der Waals surface area contributed by atoms with Gasteiger partial charge in [0.2, 0.25) is 0 Å². The molecule has 0 aromatic heterocycles. The highest BCUT2D eigenvalue weighted by Crippen LogP contribution is 2.74. The van der Waals surface area contributed by atoms with Gasteiger partial charge in [0.1, 0.15) is 11.7 Å². The third kappa shape index (κ3) is 2.57. The van der Waals surface area contributed by atoms with E-state index in [1.807, 2.05) is 20.8 Å². The van der Waals surface area contributed by atoms with Crippen molar-refractivity contribution in [2.45, 2.75) is 84.4 Å². The molecule has 4 aliphatic carbocycles. The fourth-order valence-corrected chi connectivity index (χ4v) is 7.29. The first-order valence-electron chi connectivity index (χ1n) is 11.5. The highest BCUT2D eigenvalue weighted by molar-refractivity contribution is 5.76. The van der Waals surface area contributed by atoms with E-state index in [9.17, 15) is 30.3 Å². The third-order valence-electron chi connectivity index (χ3n) is 9.16. The molecule has 0 aromatic carbocycles. The molecule has 7 nitrogen and oxygen atoms in total. The predicted octanol–water partition coefficient (Wildman–Crippen LogP) is 1.32. The minimum absolute atomic E-state index is 0.164. The summed E-state index contributed by atoms with van der Waals surface area (Å²) in [6, 6.07) is 0. The molecule has 2 bridgehead atoms. The molecule has 4 aliphatic rings. The lowest BCUT2D eigenvalue weighted by Gasteiger charge is -2.52. The van der Waals surface area contributed by atoms with Crippen molar-refractivity contribution in [1.29, 1.82) is 0 Å². The average Bonchev–Trinajstić information content (AvgIpc) is 3.04. The molecule has 1 spiro atoms. The topological polar surface area (TPSA) is 127 Å². The summed E-state index contributed by atoms with van der Waals surface area (Å²) in [7, 11) is 0. The molecule has 4 rings (SSSR count). The fraction of sp³-hybridized carbons (Fsp3) is 0.800. The monoisotopic (exact) mass is 450 g/mol. The predicted molar refractivity (Wildman–Crippen MR) is 117 cm³/mol. The first-order valence-corrected chi connectivity index (χ1v) is 11.5. The van der Waals surface area contributed by atoms with Crippen molar-refractivity contribution in [2.75, 3.05) is 6.61 Å². The Morgan fingerprint density at radius 2 is 1.81 bits per heavy atom. The standard InChI is InChI=1S/C25H38O7/c1-12-9-23-13(2)10-24(30)16(22(24,6)7)15(18(23)28)8-14(11-26)17(27)25(23,31)19(12)32-20(29)21(3,4)5/h8-9,13,15-19,26-28,30-31H,10-11H2,1-7H3/t13-,15+,16+,17-,18?,19+,23+,24+,25+/m1/s1. The molecule has 0 amide bonds. The van der Waals surface area contributed by atoms with Crippen molar-refractivity contribution in [3.05, 3.63) is 23.3 Å². The Morgan fingerprint density at radius 3 is 2.34 bits per heavy atom. The maximum Gasteiger partial charge on any atom is 0.311 e. The van der Waals surface area contributed by atoms with Crippen LogP contribution in [-0.4, -0.2) is 67.6 Å². The van der Waals surface area contributed by atoms with E-state index in [0.29, 0.717) is 12.0 Å². The molecule has 0 radical (unpaired) electrons. The molecule has 5 N–H and O–H groups in total. The van der Waals surface area contributed by atoms with Gasteiger partial charge in [0, 0.05) is 17.3 Å². The number of carbonyl (C=O) groups excluding carboxylic acids is 1. The number of carbonyl (C=O) groups is 1. The van der Waals surface area contributed by atoms with Gasteiger partial charge in [0.15, 0.2) is 6.10 Å². The molecule has 7 heteroatoms. The van der Waals surface area contributed by atoms with Crippen LogP contribution in [0.1, 0.15) is 54.9 Å². The van der Waals surface area contributed by atoms with Gasteiger partial charge in [-0.2, -0.15) is 0 Å². The molecule has 32 heavy (non-hydrogen) atoms. The van der Waals surface area contributed by atoms with Crippen molar-refractivity contribution < 1.29 is 35.1 Å². The molecule has 0 heterocycles. The first kappa shape index (κ1) is 23.9. The van der Waals surface area contributed by atoms with E-state index in [2.05, 4.69) is 0 Å². The summed E-state index contributed by atoms with van der Waals surface area (Å²) in [5.41, 5.74) is -5.13. The Hall–Kier alpha value is -1.25. The van der Waals surface area contributed by atoms with Gasteiger partial charge in [-0.1, -0.05) is 32.9 Å². The molecule has 1 unspecified atom stereocenters. The van der Waals surface area contributed by atoms with Crippen LogP contribution in [0.5, 0.6) is 0 Å². The largest absolute Gasteiger partial charge is 0.454 e. The molecular formula is C25H38O7. The number of aliphatic hydroxyl groups is 5. The maximum absolute atomic E-state index is 12.8. The van der Waals surface area contributed by atoms with E-state index >= 15 is 0 Å². The Labute approximate surface area is 189 Å². The normalized spacial score (nSPS) is 49.1. The van der Waals surface area contributed by atoms with E-state index in [1.54, 1.807) is 39.8 Å². The highest BCUT2D eigenvalue weighted by Gasteiger charge is 2.81. The van der Waals surface area contributed by atoms with Crippen LogP contribution in [0.25, 0.3) is 0 Å². The minimum atomic E-state index is -2.10. The van der Waals surface area contributed by atoms with E-state index in [4.69, 9.17) is 4.74 Å². The zero-order chi connectivity index (χ0) is 24.2. The second-order valence-electron chi connectivity index (χ2n) is 12.2. The van der Waals surface area contributed by atoms with Gasteiger partial charge in [0.25, 0.3) is 0 Å². The minimum Gasteiger partial charge on any atom is -0.454 e. The van der Waals surface area contributed by atoms with Crippen LogP contribution < -0.4 is 0 Å². The van der Waals surface area contributed by atoms with Crippen molar-refractivity contribution >= 4 is 5.97 Å². The summed E-state index contributed by atoms with van der Waals surface area (Å²) in [6.45, 7) is 12.1. The Kier molecular flexibility index (Phi) is 4.97. The zero-order valence-electron chi connectivity index (χ0n) is 20.1. The van der Waals surface area contributed by atoms with Crippen molar-refractivity contribution in [3.63, 3.8) is 0 Å². The summed E-state index contributed by atoms with van der Waals surface area (Å²) in [6.07, 6.45) is -0.230. The van der Waals surface area contributed by atoms with Gasteiger partial charge in [-0.3, -0.25) is 4.79 Å². The van der Waals surface area contributed by atoms with Crippen LogP contribution >= 0.6 is 0 Å². The van der Waals surface area contributed by atoms with Crippen LogP contribution in [0, 0.1) is 34.0 Å². The summed E-state index contributed by atoms with van der Waals surface area (Å²) in [5, 5.41) is 57.3. The van der Waals surface area contributed by atoms with Crippen LogP contribution in [0.3, 0.4) is 0 Å². The smallest absolute Gasteiger partial charge is 0.311 e. The number of ether oxygens (including phenoxy) is 1. The highest BCUT2D eigenvalue weighted by atomic mass is 16.6. The maximum atomic E-state index is 12.8. The van der Waals surface area contributed by atoms with Crippen molar-refractivity contribution in [2.24, 2.45) is 34.0 Å². The lowest BCUT2D eigenvalue weighted by molar-refractivity contribution is -0.228. The average molecular weight is 451 g/mol. The summed E-state index contributed by atoms with van der Waals surface area (Å²) in [5.74, 6) is -1.88. The number of aliphatic hydroxyl groups excluding tert-OH is 3. The van der Waals surface area contributed by atoms with Crippen LogP contribution in [0.4, 0.5) is 0 Å². The number of rotatable bonds is 2. The second-order valence-corrected chi connectivity index (χ2v) is 12.2. The van der Waals surface area contributed by atoms with Crippen LogP contribution in [0.15, 0.2) is 23.3 Å². The second kappa shape index (κ2) is 6.66. The van der Waals surface area contributed by atoms with E-state index in [-0.39, 0.29) is 11.5 Å². The van der Waals surface area contributed by atoms with Gasteiger partial charge in [-0.15, -0.1) is 0 Å².